The summed E-state index contributed by atoms with van der Waals surface area (Å²) in [6.45, 7) is 1.77. The molecule has 25 heavy (non-hydrogen) atoms. The molecule has 0 aliphatic carbocycles. The number of carbonyl (C=O) groups excluding carboxylic acids is 1. The number of esters is 1. The van der Waals surface area contributed by atoms with Gasteiger partial charge in [-0.3, -0.25) is 0 Å². The first-order valence-electron chi connectivity index (χ1n) is 7.16. The Morgan fingerprint density at radius 3 is 2.48 bits per heavy atom. The van der Waals surface area contributed by atoms with Crippen molar-refractivity contribution in [1.29, 1.82) is 5.26 Å². The van der Waals surface area contributed by atoms with Gasteiger partial charge in [-0.1, -0.05) is 12.1 Å². The molecule has 0 aliphatic heterocycles. The number of hydrogen-bond acceptors (Lipinski definition) is 4. The number of hydrogen-bond donors (Lipinski definition) is 1. The molecule has 0 aliphatic rings. The Morgan fingerprint density at radius 1 is 1.24 bits per heavy atom. The number of aryl methyl sites for hydroxylation is 1. The summed E-state index contributed by atoms with van der Waals surface area (Å²) in [5.41, 5.74) is 0.958. The Kier molecular flexibility index (Phi) is 5.14. The van der Waals surface area contributed by atoms with Gasteiger partial charge in [-0.2, -0.15) is 18.4 Å². The molecule has 0 saturated carbocycles. The van der Waals surface area contributed by atoms with Crippen molar-refractivity contribution in [3.8, 4) is 17.2 Å². The molecule has 4 nitrogen and oxygen atoms in total. The van der Waals surface area contributed by atoms with E-state index in [9.17, 15) is 28.3 Å². The van der Waals surface area contributed by atoms with Gasteiger partial charge in [0.25, 0.3) is 0 Å². The van der Waals surface area contributed by atoms with Crippen molar-refractivity contribution >= 4 is 5.97 Å². The standard InChI is InChI=1S/C18H14F3NO3/c1-10-3-4-15(14(5-10)9-22)11-6-12(16(23)18(19,20)21)8-13(7-11)17(24)25-2/h3-8,16,23H,1-2H3. The minimum Gasteiger partial charge on any atom is -0.465 e. The summed E-state index contributed by atoms with van der Waals surface area (Å²) in [5, 5.41) is 18.8. The van der Waals surface area contributed by atoms with E-state index in [-0.39, 0.29) is 16.7 Å². The number of rotatable bonds is 3. The molecule has 1 N–H and O–H groups in total. The number of carbonyl (C=O) groups is 1. The number of halogens is 3. The number of benzene rings is 2. The quantitative estimate of drug-likeness (QED) is 0.853. The fourth-order valence-corrected chi connectivity index (χ4v) is 2.39. The Balaban J connectivity index is 2.70. The molecule has 0 heterocycles. The second-order valence-corrected chi connectivity index (χ2v) is 5.44. The fraction of sp³-hybridized carbons (Fsp3) is 0.222. The number of nitrogens with zero attached hydrogens (tertiary/aromatic N) is 1. The van der Waals surface area contributed by atoms with E-state index in [0.717, 1.165) is 24.8 Å². The van der Waals surface area contributed by atoms with E-state index in [4.69, 9.17) is 0 Å². The molecule has 2 rings (SSSR count). The third kappa shape index (κ3) is 3.98. The summed E-state index contributed by atoms with van der Waals surface area (Å²) in [4.78, 5) is 11.8. The molecule has 0 amide bonds. The highest BCUT2D eigenvalue weighted by Crippen LogP contribution is 2.36. The third-order valence-corrected chi connectivity index (χ3v) is 3.61. The summed E-state index contributed by atoms with van der Waals surface area (Å²) in [7, 11) is 1.10. The van der Waals surface area contributed by atoms with E-state index in [1.54, 1.807) is 25.1 Å². The number of alkyl halides is 3. The van der Waals surface area contributed by atoms with E-state index in [2.05, 4.69) is 4.74 Å². The summed E-state index contributed by atoms with van der Waals surface area (Å²) < 4.78 is 43.1. The molecule has 130 valence electrons. The largest absolute Gasteiger partial charge is 0.465 e. The van der Waals surface area contributed by atoms with Crippen LogP contribution in [0.5, 0.6) is 0 Å². The molecule has 7 heteroatoms. The lowest BCUT2D eigenvalue weighted by Gasteiger charge is -2.17. The Bertz CT molecular complexity index is 854. The van der Waals surface area contributed by atoms with Crippen molar-refractivity contribution in [2.45, 2.75) is 19.2 Å². The maximum atomic E-state index is 12.9. The van der Waals surface area contributed by atoms with Gasteiger partial charge >= 0.3 is 12.1 Å². The molecule has 0 radical (unpaired) electrons. The summed E-state index contributed by atoms with van der Waals surface area (Å²) in [5.74, 6) is -0.844. The van der Waals surface area contributed by atoms with Crippen LogP contribution in [0.3, 0.4) is 0 Å². The zero-order valence-corrected chi connectivity index (χ0v) is 13.4. The lowest BCUT2D eigenvalue weighted by Crippen LogP contribution is -2.20. The first-order valence-corrected chi connectivity index (χ1v) is 7.16. The topological polar surface area (TPSA) is 70.3 Å². The summed E-state index contributed by atoms with van der Waals surface area (Å²) >= 11 is 0. The lowest BCUT2D eigenvalue weighted by atomic mass is 9.93. The van der Waals surface area contributed by atoms with Crippen LogP contribution in [0.1, 0.15) is 33.2 Å². The summed E-state index contributed by atoms with van der Waals surface area (Å²) in [6.07, 6.45) is -7.65. The molecule has 1 unspecified atom stereocenters. The van der Waals surface area contributed by atoms with E-state index in [1.165, 1.54) is 6.07 Å². The van der Waals surface area contributed by atoms with Gasteiger partial charge < -0.3 is 9.84 Å². The van der Waals surface area contributed by atoms with E-state index >= 15 is 0 Å². The molecule has 0 bridgehead atoms. The van der Waals surface area contributed by atoms with Crippen LogP contribution in [-0.2, 0) is 4.74 Å². The van der Waals surface area contributed by atoms with Crippen molar-refractivity contribution in [2.75, 3.05) is 7.11 Å². The maximum Gasteiger partial charge on any atom is 0.418 e. The number of ether oxygens (including phenoxy) is 1. The van der Waals surface area contributed by atoms with Gasteiger partial charge in [-0.15, -0.1) is 0 Å². The molecule has 0 saturated heterocycles. The lowest BCUT2D eigenvalue weighted by molar-refractivity contribution is -0.206. The predicted molar refractivity (Wildman–Crippen MR) is 83.7 cm³/mol. The average Bonchev–Trinajstić information content (AvgIpc) is 2.58. The molecule has 1 atom stereocenters. The van der Waals surface area contributed by atoms with Crippen LogP contribution in [-0.4, -0.2) is 24.4 Å². The normalized spacial score (nSPS) is 12.4. The number of aliphatic hydroxyl groups is 1. The van der Waals surface area contributed by atoms with Crippen LogP contribution in [0.15, 0.2) is 36.4 Å². The number of nitriles is 1. The van der Waals surface area contributed by atoms with Crippen LogP contribution in [0.2, 0.25) is 0 Å². The highest BCUT2D eigenvalue weighted by Gasteiger charge is 2.39. The second-order valence-electron chi connectivity index (χ2n) is 5.44. The molecular formula is C18H14F3NO3. The first kappa shape index (κ1) is 18.5. The molecule has 0 spiro atoms. The third-order valence-electron chi connectivity index (χ3n) is 3.61. The van der Waals surface area contributed by atoms with Crippen LogP contribution in [0.4, 0.5) is 13.2 Å². The minimum atomic E-state index is -4.89. The number of aliphatic hydroxyl groups excluding tert-OH is 1. The molecule has 2 aromatic rings. The van der Waals surface area contributed by atoms with E-state index in [0.29, 0.717) is 5.56 Å². The van der Waals surface area contributed by atoms with E-state index < -0.39 is 23.8 Å². The van der Waals surface area contributed by atoms with Gasteiger partial charge in [0.1, 0.15) is 0 Å². The highest BCUT2D eigenvalue weighted by atomic mass is 19.4. The van der Waals surface area contributed by atoms with Crippen molar-refractivity contribution in [3.63, 3.8) is 0 Å². The maximum absolute atomic E-state index is 12.9. The Hall–Kier alpha value is -2.85. The van der Waals surface area contributed by atoms with Crippen LogP contribution in [0, 0.1) is 18.3 Å². The summed E-state index contributed by atoms with van der Waals surface area (Å²) in [6, 6.07) is 10.2. The molecule has 0 fully saturated rings. The van der Waals surface area contributed by atoms with Gasteiger partial charge in [0.15, 0.2) is 6.10 Å². The van der Waals surface area contributed by atoms with Crippen molar-refractivity contribution in [2.24, 2.45) is 0 Å². The van der Waals surface area contributed by atoms with Gasteiger partial charge in [-0.05, 0) is 53.4 Å². The van der Waals surface area contributed by atoms with Crippen LogP contribution >= 0.6 is 0 Å². The van der Waals surface area contributed by atoms with Gasteiger partial charge in [-0.25, -0.2) is 4.79 Å². The zero-order valence-electron chi connectivity index (χ0n) is 13.4. The Morgan fingerprint density at radius 2 is 1.92 bits per heavy atom. The fourth-order valence-electron chi connectivity index (χ4n) is 2.39. The first-order chi connectivity index (χ1) is 11.7. The number of methoxy groups -OCH3 is 1. The van der Waals surface area contributed by atoms with Crippen molar-refractivity contribution < 1.29 is 27.8 Å². The predicted octanol–water partition coefficient (Wildman–Crippen LogP) is 3.92. The molecule has 2 aromatic carbocycles. The molecule has 0 aromatic heterocycles. The van der Waals surface area contributed by atoms with Crippen molar-refractivity contribution in [1.82, 2.24) is 0 Å². The average molecular weight is 349 g/mol. The van der Waals surface area contributed by atoms with Gasteiger partial charge in [0.05, 0.1) is 24.3 Å². The SMILES string of the molecule is COC(=O)c1cc(-c2ccc(C)cc2C#N)cc(C(O)C(F)(F)F)c1. The Labute approximate surface area is 142 Å². The zero-order chi connectivity index (χ0) is 18.8. The molecular weight excluding hydrogens is 335 g/mol. The highest BCUT2D eigenvalue weighted by molar-refractivity contribution is 5.91. The van der Waals surface area contributed by atoms with Crippen LogP contribution in [0.25, 0.3) is 11.1 Å². The van der Waals surface area contributed by atoms with Gasteiger partial charge in [0, 0.05) is 0 Å². The smallest absolute Gasteiger partial charge is 0.418 e. The minimum absolute atomic E-state index is 0.150. The monoisotopic (exact) mass is 349 g/mol. The van der Waals surface area contributed by atoms with E-state index in [1.807, 2.05) is 6.07 Å². The van der Waals surface area contributed by atoms with Crippen LogP contribution < -0.4 is 0 Å². The second kappa shape index (κ2) is 6.95. The van der Waals surface area contributed by atoms with Crippen molar-refractivity contribution in [3.05, 3.63) is 58.7 Å². The van der Waals surface area contributed by atoms with Gasteiger partial charge in [0.2, 0.25) is 0 Å².